The lowest BCUT2D eigenvalue weighted by molar-refractivity contribution is -0.384. The number of ether oxygens (including phenoxy) is 1. The monoisotopic (exact) mass is 362 g/mol. The second-order valence-electron chi connectivity index (χ2n) is 5.24. The number of hydrogen-bond donors (Lipinski definition) is 2. The van der Waals surface area contributed by atoms with E-state index in [1.807, 2.05) is 0 Å². The van der Waals surface area contributed by atoms with Crippen LogP contribution in [0.25, 0.3) is 0 Å². The van der Waals surface area contributed by atoms with Crippen LogP contribution in [-0.4, -0.2) is 28.3 Å². The van der Waals surface area contributed by atoms with Crippen molar-refractivity contribution in [3.63, 3.8) is 0 Å². The van der Waals surface area contributed by atoms with E-state index in [1.165, 1.54) is 37.1 Å². The Morgan fingerprint density at radius 1 is 1.32 bits per heavy atom. The predicted molar refractivity (Wildman–Crippen MR) is 94.9 cm³/mol. The van der Waals surface area contributed by atoms with Crippen molar-refractivity contribution in [3.05, 3.63) is 58.1 Å². The smallest absolute Gasteiger partial charge is 0.269 e. The molecule has 2 N–H and O–H groups in total. The zero-order valence-corrected chi connectivity index (χ0v) is 14.6. The maximum absolute atomic E-state index is 12.2. The molecule has 1 atom stereocenters. The molecule has 25 heavy (non-hydrogen) atoms. The third kappa shape index (κ3) is 5.12. The summed E-state index contributed by atoms with van der Waals surface area (Å²) in [5.41, 5.74) is 0.818. The zero-order chi connectivity index (χ0) is 18.4. The first-order valence-electron chi connectivity index (χ1n) is 7.45. The van der Waals surface area contributed by atoms with Crippen molar-refractivity contribution in [2.24, 2.45) is 0 Å². The van der Waals surface area contributed by atoms with Crippen molar-refractivity contribution < 1.29 is 19.6 Å². The van der Waals surface area contributed by atoms with Crippen molar-refractivity contribution in [2.45, 2.75) is 23.6 Å². The van der Waals surface area contributed by atoms with Crippen LogP contribution in [0.15, 0.2) is 47.4 Å². The third-order valence-electron chi connectivity index (χ3n) is 3.44. The van der Waals surface area contributed by atoms with Crippen LogP contribution in [0.2, 0.25) is 0 Å². The fourth-order valence-corrected chi connectivity index (χ4v) is 2.96. The first-order chi connectivity index (χ1) is 11.9. The van der Waals surface area contributed by atoms with Crippen LogP contribution in [0.1, 0.15) is 12.5 Å². The maximum Gasteiger partial charge on any atom is 0.269 e. The topological polar surface area (TPSA) is 102 Å². The van der Waals surface area contributed by atoms with E-state index in [0.29, 0.717) is 12.3 Å². The van der Waals surface area contributed by atoms with Crippen molar-refractivity contribution >= 4 is 23.4 Å². The Morgan fingerprint density at radius 2 is 2.00 bits per heavy atom. The number of nitrogens with one attached hydrogen (secondary N) is 1. The normalized spacial score (nSPS) is 11.6. The molecule has 0 bridgehead atoms. The van der Waals surface area contributed by atoms with Gasteiger partial charge in [0.25, 0.3) is 5.69 Å². The fraction of sp³-hybridized carbons (Fsp3) is 0.235. The van der Waals surface area contributed by atoms with Gasteiger partial charge in [0.2, 0.25) is 5.91 Å². The minimum Gasteiger partial charge on any atom is -0.504 e. The van der Waals surface area contributed by atoms with Gasteiger partial charge in [-0.3, -0.25) is 14.9 Å². The molecule has 0 aliphatic heterocycles. The minimum atomic E-state index is -0.462. The number of thioether (sulfide) groups is 1. The number of phenolic OH excluding ortho intramolecular Hbond substituents is 1. The number of carbonyl (C=O) groups is 1. The standard InChI is InChI=1S/C17H18N2O5S/c1-11(25-14-6-4-13(5-7-14)19(22)23)17(21)18-10-12-3-8-15(20)16(9-12)24-2/h3-9,11,20H,10H2,1-2H3,(H,18,21). The van der Waals surface area contributed by atoms with Gasteiger partial charge in [0.15, 0.2) is 11.5 Å². The van der Waals surface area contributed by atoms with Crippen LogP contribution in [0, 0.1) is 10.1 Å². The number of methoxy groups -OCH3 is 1. The van der Waals surface area contributed by atoms with Crippen LogP contribution in [-0.2, 0) is 11.3 Å². The van der Waals surface area contributed by atoms with E-state index in [9.17, 15) is 20.0 Å². The molecule has 0 fully saturated rings. The molecule has 0 heterocycles. The molecular formula is C17H18N2O5S. The van der Waals surface area contributed by atoms with E-state index >= 15 is 0 Å². The quantitative estimate of drug-likeness (QED) is 0.446. The summed E-state index contributed by atoms with van der Waals surface area (Å²) in [4.78, 5) is 23.2. The number of amides is 1. The molecule has 7 nitrogen and oxygen atoms in total. The zero-order valence-electron chi connectivity index (χ0n) is 13.8. The highest BCUT2D eigenvalue weighted by Gasteiger charge is 2.15. The number of hydrogen-bond acceptors (Lipinski definition) is 6. The van der Waals surface area contributed by atoms with Gasteiger partial charge in [0.05, 0.1) is 17.3 Å². The highest BCUT2D eigenvalue weighted by Crippen LogP contribution is 2.27. The Balaban J connectivity index is 1.90. The number of aromatic hydroxyl groups is 1. The summed E-state index contributed by atoms with van der Waals surface area (Å²) in [6, 6.07) is 10.9. The van der Waals surface area contributed by atoms with E-state index in [4.69, 9.17) is 4.74 Å². The molecule has 0 spiro atoms. The lowest BCUT2D eigenvalue weighted by Crippen LogP contribution is -2.30. The van der Waals surface area contributed by atoms with Crippen LogP contribution in [0.3, 0.4) is 0 Å². The number of nitro benzene ring substituents is 1. The van der Waals surface area contributed by atoms with Crippen LogP contribution >= 0.6 is 11.8 Å². The number of benzene rings is 2. The summed E-state index contributed by atoms with van der Waals surface area (Å²) in [6.07, 6.45) is 0. The summed E-state index contributed by atoms with van der Waals surface area (Å²) in [5, 5.41) is 22.7. The van der Waals surface area contributed by atoms with Crippen LogP contribution in [0.4, 0.5) is 5.69 Å². The fourth-order valence-electron chi connectivity index (χ4n) is 2.07. The first kappa shape index (κ1) is 18.6. The maximum atomic E-state index is 12.2. The highest BCUT2D eigenvalue weighted by atomic mass is 32.2. The van der Waals surface area contributed by atoms with Crippen LogP contribution < -0.4 is 10.1 Å². The number of carbonyl (C=O) groups excluding carboxylic acids is 1. The molecule has 0 radical (unpaired) electrons. The van der Waals surface area contributed by atoms with Gasteiger partial charge < -0.3 is 15.2 Å². The molecule has 8 heteroatoms. The summed E-state index contributed by atoms with van der Waals surface area (Å²) in [6.45, 7) is 2.07. The lowest BCUT2D eigenvalue weighted by atomic mass is 10.2. The number of nitro groups is 1. The van der Waals surface area contributed by atoms with E-state index in [-0.39, 0.29) is 22.6 Å². The van der Waals surface area contributed by atoms with Gasteiger partial charge in [-0.2, -0.15) is 0 Å². The van der Waals surface area contributed by atoms with Gasteiger partial charge >= 0.3 is 0 Å². The van der Waals surface area contributed by atoms with Crippen molar-refractivity contribution in [1.82, 2.24) is 5.32 Å². The Morgan fingerprint density at radius 3 is 2.60 bits per heavy atom. The molecule has 0 aliphatic rings. The van der Waals surface area contributed by atoms with Crippen molar-refractivity contribution in [3.8, 4) is 11.5 Å². The summed E-state index contributed by atoms with van der Waals surface area (Å²) in [5.74, 6) is 0.232. The Bertz CT molecular complexity index is 764. The Kier molecular flexibility index (Phi) is 6.24. The van der Waals surface area contributed by atoms with Gasteiger partial charge in [-0.05, 0) is 36.8 Å². The summed E-state index contributed by atoms with van der Waals surface area (Å²) in [7, 11) is 1.46. The lowest BCUT2D eigenvalue weighted by Gasteiger charge is -2.13. The molecular weight excluding hydrogens is 344 g/mol. The number of phenols is 1. The van der Waals surface area contributed by atoms with Crippen LogP contribution in [0.5, 0.6) is 11.5 Å². The van der Waals surface area contributed by atoms with Gasteiger partial charge in [0, 0.05) is 23.6 Å². The number of rotatable bonds is 7. The van der Waals surface area contributed by atoms with E-state index < -0.39 is 4.92 Å². The van der Waals surface area contributed by atoms with Gasteiger partial charge in [-0.1, -0.05) is 6.07 Å². The second kappa shape index (κ2) is 8.39. The average Bonchev–Trinajstić information content (AvgIpc) is 2.61. The average molecular weight is 362 g/mol. The molecule has 2 aromatic carbocycles. The minimum absolute atomic E-state index is 0.0164. The molecule has 2 rings (SSSR count). The van der Waals surface area contributed by atoms with Gasteiger partial charge in [0.1, 0.15) is 0 Å². The second-order valence-corrected chi connectivity index (χ2v) is 6.65. The Labute approximate surface area is 149 Å². The molecule has 1 unspecified atom stereocenters. The molecule has 0 aromatic heterocycles. The summed E-state index contributed by atoms with van der Waals surface area (Å²) < 4.78 is 5.03. The molecule has 132 valence electrons. The Hall–Kier alpha value is -2.74. The van der Waals surface area contributed by atoms with E-state index in [2.05, 4.69) is 5.32 Å². The molecule has 1 amide bonds. The first-order valence-corrected chi connectivity index (χ1v) is 8.33. The number of non-ortho nitro benzene ring substituents is 1. The van der Waals surface area contributed by atoms with Crippen molar-refractivity contribution in [1.29, 1.82) is 0 Å². The van der Waals surface area contributed by atoms with Gasteiger partial charge in [-0.25, -0.2) is 0 Å². The molecule has 0 saturated heterocycles. The third-order valence-corrected chi connectivity index (χ3v) is 4.55. The number of nitrogens with zero attached hydrogens (tertiary/aromatic N) is 1. The van der Waals surface area contributed by atoms with Crippen molar-refractivity contribution in [2.75, 3.05) is 7.11 Å². The molecule has 2 aromatic rings. The van der Waals surface area contributed by atoms with E-state index in [1.54, 1.807) is 31.2 Å². The van der Waals surface area contributed by atoms with E-state index in [0.717, 1.165) is 10.5 Å². The summed E-state index contributed by atoms with van der Waals surface area (Å²) >= 11 is 1.32. The molecule has 0 aliphatic carbocycles. The largest absolute Gasteiger partial charge is 0.504 e. The highest BCUT2D eigenvalue weighted by molar-refractivity contribution is 8.00. The predicted octanol–water partition coefficient (Wildman–Crippen LogP) is 3.11. The SMILES string of the molecule is COc1cc(CNC(=O)C(C)Sc2ccc([N+](=O)[O-])cc2)ccc1O. The molecule has 0 saturated carbocycles. The van der Waals surface area contributed by atoms with Gasteiger partial charge in [-0.15, -0.1) is 11.8 Å².